The van der Waals surface area contributed by atoms with Gasteiger partial charge in [0, 0.05) is 24.3 Å². The Morgan fingerprint density at radius 3 is 2.52 bits per heavy atom. The van der Waals surface area contributed by atoms with E-state index in [9.17, 15) is 19.5 Å². The van der Waals surface area contributed by atoms with Gasteiger partial charge in [-0.2, -0.15) is 0 Å². The number of hydrogen-bond acceptors (Lipinski definition) is 3. The van der Waals surface area contributed by atoms with Crippen LogP contribution in [0.25, 0.3) is 0 Å². The molecule has 4 heteroatoms. The maximum absolute atomic E-state index is 13.8. The van der Waals surface area contributed by atoms with Crippen molar-refractivity contribution in [2.45, 2.75) is 92.4 Å². The summed E-state index contributed by atoms with van der Waals surface area (Å²) in [6.07, 6.45) is 8.05. The molecule has 0 bridgehead atoms. The van der Waals surface area contributed by atoms with E-state index in [2.05, 4.69) is 34.3 Å². The van der Waals surface area contributed by atoms with E-state index < -0.39 is 11.9 Å². The summed E-state index contributed by atoms with van der Waals surface area (Å²) in [6, 6.07) is 0. The topological polar surface area (TPSA) is 71.4 Å². The van der Waals surface area contributed by atoms with E-state index in [1.165, 1.54) is 5.57 Å². The average molecular weight is 455 g/mol. The molecule has 2 saturated carbocycles. The summed E-state index contributed by atoms with van der Waals surface area (Å²) in [4.78, 5) is 37.5. The van der Waals surface area contributed by atoms with Crippen LogP contribution in [0.3, 0.4) is 0 Å². The van der Waals surface area contributed by atoms with Crippen LogP contribution in [0.1, 0.15) is 92.4 Å². The lowest BCUT2D eigenvalue weighted by Crippen LogP contribution is -2.50. The van der Waals surface area contributed by atoms with Gasteiger partial charge in [-0.05, 0) is 86.4 Å². The molecule has 1 N–H and O–H groups in total. The fourth-order valence-corrected chi connectivity index (χ4v) is 8.56. The first-order chi connectivity index (χ1) is 15.4. The number of hydrogen-bond donors (Lipinski definition) is 1. The van der Waals surface area contributed by atoms with Crippen LogP contribution in [0.5, 0.6) is 0 Å². The molecule has 0 heterocycles. The van der Waals surface area contributed by atoms with Crippen molar-refractivity contribution in [3.8, 4) is 0 Å². The maximum atomic E-state index is 13.8. The van der Waals surface area contributed by atoms with E-state index in [-0.39, 0.29) is 16.7 Å². The third kappa shape index (κ3) is 3.76. The lowest BCUT2D eigenvalue weighted by atomic mass is 9.48. The largest absolute Gasteiger partial charge is 0.481 e. The summed E-state index contributed by atoms with van der Waals surface area (Å²) in [7, 11) is 0. The quantitative estimate of drug-likeness (QED) is 0.472. The van der Waals surface area contributed by atoms with Crippen LogP contribution in [0.4, 0.5) is 0 Å². The first kappa shape index (κ1) is 24.4. The van der Waals surface area contributed by atoms with E-state index in [4.69, 9.17) is 0 Å². The standard InChI is InChI=1S/C29H42O4/c1-16(18(3)27(32)33)7-8-17(2)21-11-12-23-20-9-10-22-19(4)24(30)13-14-28(22,5)26(20)25(31)15-29(21,23)6/h17-19,21-23H,1,7-15H2,2-6H3,(H,32,33)/t17-,18+,19+,21?,22+,23+,28+,29-/m1/s1. The number of carbonyl (C=O) groups excluding carboxylic acids is 2. The highest BCUT2D eigenvalue weighted by atomic mass is 16.4. The van der Waals surface area contributed by atoms with Gasteiger partial charge in [-0.15, -0.1) is 0 Å². The molecule has 4 aliphatic carbocycles. The maximum Gasteiger partial charge on any atom is 0.310 e. The van der Waals surface area contributed by atoms with Gasteiger partial charge in [0.2, 0.25) is 0 Å². The van der Waals surface area contributed by atoms with E-state index in [0.29, 0.717) is 48.1 Å². The molecule has 1 unspecified atom stereocenters. The van der Waals surface area contributed by atoms with Crippen LogP contribution < -0.4 is 0 Å². The summed E-state index contributed by atoms with van der Waals surface area (Å²) >= 11 is 0. The zero-order chi connectivity index (χ0) is 24.3. The molecule has 0 aromatic heterocycles. The molecule has 4 aliphatic rings. The van der Waals surface area contributed by atoms with Crippen LogP contribution >= 0.6 is 0 Å². The number of Topliss-reactive ketones (excluding diaryl/α,β-unsaturated/α-hetero) is 2. The van der Waals surface area contributed by atoms with E-state index in [1.54, 1.807) is 6.92 Å². The highest BCUT2D eigenvalue weighted by Gasteiger charge is 2.59. The second-order valence-corrected chi connectivity index (χ2v) is 12.3. The van der Waals surface area contributed by atoms with Crippen LogP contribution in [0.15, 0.2) is 23.3 Å². The van der Waals surface area contributed by atoms with Crippen LogP contribution in [0, 0.1) is 46.3 Å². The van der Waals surface area contributed by atoms with Gasteiger partial charge in [0.1, 0.15) is 5.78 Å². The highest BCUT2D eigenvalue weighted by molar-refractivity contribution is 6.00. The molecule has 0 aromatic rings. The monoisotopic (exact) mass is 454 g/mol. The molecule has 0 saturated heterocycles. The average Bonchev–Trinajstić information content (AvgIpc) is 3.10. The van der Waals surface area contributed by atoms with Crippen molar-refractivity contribution in [1.29, 1.82) is 0 Å². The van der Waals surface area contributed by atoms with Gasteiger partial charge >= 0.3 is 5.97 Å². The number of allylic oxidation sites excluding steroid dienone is 2. The molecule has 0 aliphatic heterocycles. The molecular formula is C29H42O4. The number of carbonyl (C=O) groups is 3. The Labute approximate surface area is 199 Å². The van der Waals surface area contributed by atoms with Crippen molar-refractivity contribution in [2.24, 2.45) is 46.3 Å². The molecule has 8 atom stereocenters. The third-order valence-electron chi connectivity index (χ3n) is 10.7. The number of aliphatic carboxylic acids is 1. The van der Waals surface area contributed by atoms with Crippen molar-refractivity contribution >= 4 is 17.5 Å². The molecule has 0 amide bonds. The van der Waals surface area contributed by atoms with Crippen molar-refractivity contribution in [3.63, 3.8) is 0 Å². The van der Waals surface area contributed by atoms with E-state index in [1.807, 2.05) is 0 Å². The van der Waals surface area contributed by atoms with Crippen molar-refractivity contribution in [1.82, 2.24) is 0 Å². The van der Waals surface area contributed by atoms with Crippen molar-refractivity contribution in [3.05, 3.63) is 23.3 Å². The van der Waals surface area contributed by atoms with E-state index >= 15 is 0 Å². The van der Waals surface area contributed by atoms with Crippen LogP contribution in [-0.4, -0.2) is 22.6 Å². The first-order valence-corrected chi connectivity index (χ1v) is 13.1. The Morgan fingerprint density at radius 1 is 1.15 bits per heavy atom. The van der Waals surface area contributed by atoms with Gasteiger partial charge in [0.25, 0.3) is 0 Å². The molecule has 0 spiro atoms. The Bertz CT molecular complexity index is 913. The highest BCUT2D eigenvalue weighted by Crippen LogP contribution is 2.65. The number of ketones is 2. The number of carboxylic acid groups (broad SMARTS) is 1. The fourth-order valence-electron chi connectivity index (χ4n) is 8.56. The number of rotatable bonds is 6. The van der Waals surface area contributed by atoms with Gasteiger partial charge in [-0.1, -0.05) is 45.4 Å². The Hall–Kier alpha value is -1.71. The minimum atomic E-state index is -0.805. The van der Waals surface area contributed by atoms with Crippen molar-refractivity contribution in [2.75, 3.05) is 0 Å². The minimum Gasteiger partial charge on any atom is -0.481 e. The molecular weight excluding hydrogens is 412 g/mol. The normalized spacial score (nSPS) is 40.0. The molecule has 4 nitrogen and oxygen atoms in total. The van der Waals surface area contributed by atoms with Gasteiger partial charge in [-0.3, -0.25) is 14.4 Å². The van der Waals surface area contributed by atoms with Gasteiger partial charge in [0.05, 0.1) is 5.92 Å². The summed E-state index contributed by atoms with van der Waals surface area (Å²) in [5.74, 6) is 1.18. The molecule has 0 radical (unpaired) electrons. The van der Waals surface area contributed by atoms with Gasteiger partial charge in [0.15, 0.2) is 5.78 Å². The van der Waals surface area contributed by atoms with Crippen LogP contribution in [0.2, 0.25) is 0 Å². The molecule has 182 valence electrons. The number of carboxylic acids is 1. The first-order valence-electron chi connectivity index (χ1n) is 13.1. The van der Waals surface area contributed by atoms with Gasteiger partial charge in [-0.25, -0.2) is 0 Å². The second-order valence-electron chi connectivity index (χ2n) is 12.3. The lowest BCUT2D eigenvalue weighted by molar-refractivity contribution is -0.140. The lowest BCUT2D eigenvalue weighted by Gasteiger charge is -2.54. The zero-order valence-electron chi connectivity index (χ0n) is 21.2. The Morgan fingerprint density at radius 2 is 1.85 bits per heavy atom. The predicted octanol–water partition coefficient (Wildman–Crippen LogP) is 6.40. The Balaban J connectivity index is 1.56. The molecule has 0 aromatic carbocycles. The zero-order valence-corrected chi connectivity index (χ0v) is 21.2. The molecule has 33 heavy (non-hydrogen) atoms. The van der Waals surface area contributed by atoms with Crippen LogP contribution in [-0.2, 0) is 14.4 Å². The van der Waals surface area contributed by atoms with Crippen molar-refractivity contribution < 1.29 is 19.5 Å². The summed E-state index contributed by atoms with van der Waals surface area (Å²) in [5.41, 5.74) is 3.22. The summed E-state index contributed by atoms with van der Waals surface area (Å²) in [5, 5.41) is 9.28. The summed E-state index contributed by atoms with van der Waals surface area (Å²) < 4.78 is 0. The third-order valence-corrected chi connectivity index (χ3v) is 10.7. The molecule has 2 fully saturated rings. The van der Waals surface area contributed by atoms with E-state index in [0.717, 1.165) is 56.1 Å². The van der Waals surface area contributed by atoms with Gasteiger partial charge < -0.3 is 5.11 Å². The SMILES string of the molecule is C=C(CC[C@@H](C)C1CC[C@H]2C3=C(C(=O)C[C@]12C)[C@@]1(C)CCC(=O)[C@@H](C)[C@@H]1CC3)[C@H](C)C(=O)O. The fraction of sp³-hybridized carbons (Fsp3) is 0.759. The number of fused-ring (bicyclic) bond motifs is 4. The predicted molar refractivity (Wildman–Crippen MR) is 130 cm³/mol. The summed E-state index contributed by atoms with van der Waals surface area (Å²) in [6.45, 7) is 14.7. The minimum absolute atomic E-state index is 0.00558. The second kappa shape index (κ2) is 8.50. The smallest absolute Gasteiger partial charge is 0.310 e. The Kier molecular flexibility index (Phi) is 6.29. The molecule has 4 rings (SSSR count).